The number of carbonyl (C=O) groups is 3. The van der Waals surface area contributed by atoms with Gasteiger partial charge in [-0.05, 0) is 25.2 Å². The molecule has 1 fully saturated rings. The summed E-state index contributed by atoms with van der Waals surface area (Å²) in [5.74, 6) is -0.0250. The third-order valence-electron chi connectivity index (χ3n) is 4.66. The van der Waals surface area contributed by atoms with Crippen LogP contribution in [0.25, 0.3) is 0 Å². The third-order valence-corrected chi connectivity index (χ3v) is 4.66. The Labute approximate surface area is 152 Å². The van der Waals surface area contributed by atoms with Gasteiger partial charge in [-0.25, -0.2) is 0 Å². The summed E-state index contributed by atoms with van der Waals surface area (Å²) in [4.78, 5) is 40.3. The first-order valence-electron chi connectivity index (χ1n) is 9.59. The maximum atomic E-state index is 12.7. The number of hydrogen-bond acceptors (Lipinski definition) is 3. The van der Waals surface area contributed by atoms with Crippen LogP contribution in [0.4, 0.5) is 0 Å². The van der Waals surface area contributed by atoms with Crippen LogP contribution < -0.4 is 5.32 Å². The van der Waals surface area contributed by atoms with E-state index >= 15 is 0 Å². The molecule has 0 aromatic heterocycles. The summed E-state index contributed by atoms with van der Waals surface area (Å²) in [6, 6.07) is -0.552. The Kier molecular flexibility index (Phi) is 9.53. The van der Waals surface area contributed by atoms with Crippen molar-refractivity contribution in [1.29, 1.82) is 0 Å². The molecule has 6 nitrogen and oxygen atoms in total. The molecule has 1 saturated heterocycles. The maximum Gasteiger partial charge on any atom is 0.245 e. The summed E-state index contributed by atoms with van der Waals surface area (Å²) in [5.41, 5.74) is 0. The van der Waals surface area contributed by atoms with Crippen LogP contribution in [0.5, 0.6) is 0 Å². The Morgan fingerprint density at radius 1 is 0.960 bits per heavy atom. The molecule has 1 atom stereocenters. The molecule has 0 aromatic carbocycles. The molecule has 0 saturated carbocycles. The molecule has 0 aromatic rings. The Bertz CT molecular complexity index is 451. The van der Waals surface area contributed by atoms with Crippen molar-refractivity contribution in [2.24, 2.45) is 5.92 Å². The van der Waals surface area contributed by atoms with Crippen molar-refractivity contribution in [1.82, 2.24) is 15.1 Å². The zero-order valence-corrected chi connectivity index (χ0v) is 16.3. The highest BCUT2D eigenvalue weighted by Gasteiger charge is 2.26. The van der Waals surface area contributed by atoms with E-state index in [0.717, 1.165) is 45.1 Å². The standard InChI is InChI=1S/C19H35N3O3/c1-15(2)13-16-19(25)22(4)14-18(24)21(3)12-10-8-6-5-7-9-11-17(23)20-16/h15-16H,5-14H2,1-4H3,(H,20,23). The minimum Gasteiger partial charge on any atom is -0.344 e. The fourth-order valence-electron chi connectivity index (χ4n) is 3.09. The molecule has 1 aliphatic rings. The lowest BCUT2D eigenvalue weighted by Gasteiger charge is -2.27. The first-order valence-corrected chi connectivity index (χ1v) is 9.59. The Balaban J connectivity index is 2.80. The van der Waals surface area contributed by atoms with E-state index in [4.69, 9.17) is 0 Å². The second kappa shape index (κ2) is 11.1. The summed E-state index contributed by atoms with van der Waals surface area (Å²) in [6.45, 7) is 4.83. The molecule has 25 heavy (non-hydrogen) atoms. The quantitative estimate of drug-likeness (QED) is 0.827. The molecular formula is C19H35N3O3. The van der Waals surface area contributed by atoms with Gasteiger partial charge in [0.15, 0.2) is 0 Å². The van der Waals surface area contributed by atoms with Gasteiger partial charge in [-0.1, -0.05) is 39.5 Å². The van der Waals surface area contributed by atoms with Gasteiger partial charge in [0.2, 0.25) is 17.7 Å². The van der Waals surface area contributed by atoms with Crippen LogP contribution in [-0.2, 0) is 14.4 Å². The van der Waals surface area contributed by atoms with E-state index in [2.05, 4.69) is 5.32 Å². The van der Waals surface area contributed by atoms with E-state index in [-0.39, 0.29) is 30.2 Å². The normalized spacial score (nSPS) is 23.1. The molecule has 1 aliphatic heterocycles. The van der Waals surface area contributed by atoms with Gasteiger partial charge in [-0.2, -0.15) is 0 Å². The van der Waals surface area contributed by atoms with Crippen LogP contribution in [0.3, 0.4) is 0 Å². The van der Waals surface area contributed by atoms with Crippen LogP contribution in [-0.4, -0.2) is 60.7 Å². The second-order valence-corrected chi connectivity index (χ2v) is 7.63. The Morgan fingerprint density at radius 3 is 2.20 bits per heavy atom. The highest BCUT2D eigenvalue weighted by molar-refractivity contribution is 5.90. The minimum atomic E-state index is -0.552. The lowest BCUT2D eigenvalue weighted by molar-refractivity contribution is -0.141. The van der Waals surface area contributed by atoms with Crippen molar-refractivity contribution in [3.8, 4) is 0 Å². The van der Waals surface area contributed by atoms with Crippen molar-refractivity contribution >= 4 is 17.7 Å². The van der Waals surface area contributed by atoms with Crippen LogP contribution in [0.15, 0.2) is 0 Å². The van der Waals surface area contributed by atoms with Gasteiger partial charge in [0.1, 0.15) is 6.04 Å². The van der Waals surface area contributed by atoms with Crippen LogP contribution in [0.2, 0.25) is 0 Å². The molecule has 0 bridgehead atoms. The predicted molar refractivity (Wildman–Crippen MR) is 99.0 cm³/mol. The van der Waals surface area contributed by atoms with Crippen molar-refractivity contribution in [2.75, 3.05) is 27.2 Å². The fraction of sp³-hybridized carbons (Fsp3) is 0.842. The summed E-state index contributed by atoms with van der Waals surface area (Å²) in [5, 5.41) is 2.88. The number of nitrogens with zero attached hydrogens (tertiary/aromatic N) is 2. The van der Waals surface area contributed by atoms with E-state index in [0.29, 0.717) is 12.8 Å². The van der Waals surface area contributed by atoms with Crippen molar-refractivity contribution in [3.63, 3.8) is 0 Å². The molecule has 1 rings (SSSR count). The number of nitrogens with one attached hydrogen (secondary N) is 1. The fourth-order valence-corrected chi connectivity index (χ4v) is 3.09. The average Bonchev–Trinajstić information content (AvgIpc) is 2.54. The van der Waals surface area contributed by atoms with E-state index in [1.807, 2.05) is 13.8 Å². The molecule has 0 aliphatic carbocycles. The van der Waals surface area contributed by atoms with Crippen molar-refractivity contribution in [2.45, 2.75) is 71.3 Å². The lowest BCUT2D eigenvalue weighted by Crippen LogP contribution is -2.50. The summed E-state index contributed by atoms with van der Waals surface area (Å²) in [7, 11) is 3.42. The number of carbonyl (C=O) groups excluding carboxylic acids is 3. The van der Waals surface area contributed by atoms with E-state index in [9.17, 15) is 14.4 Å². The number of hydrogen-bond donors (Lipinski definition) is 1. The zero-order valence-electron chi connectivity index (χ0n) is 16.3. The van der Waals surface area contributed by atoms with Crippen LogP contribution >= 0.6 is 0 Å². The van der Waals surface area contributed by atoms with E-state index < -0.39 is 6.04 Å². The first-order chi connectivity index (χ1) is 11.8. The SMILES string of the molecule is CC(C)CC1NC(=O)CCCCCCCCN(C)C(=O)CN(C)C1=O. The Hall–Kier alpha value is -1.59. The maximum absolute atomic E-state index is 12.7. The first kappa shape index (κ1) is 21.5. The van der Waals surface area contributed by atoms with E-state index in [1.165, 1.54) is 4.90 Å². The van der Waals surface area contributed by atoms with Gasteiger partial charge in [0.25, 0.3) is 0 Å². The van der Waals surface area contributed by atoms with Gasteiger partial charge in [-0.15, -0.1) is 0 Å². The predicted octanol–water partition coefficient (Wildman–Crippen LogP) is 2.18. The molecular weight excluding hydrogens is 318 g/mol. The van der Waals surface area contributed by atoms with Gasteiger partial charge in [-0.3, -0.25) is 14.4 Å². The molecule has 1 unspecified atom stereocenters. The molecule has 6 heteroatoms. The zero-order chi connectivity index (χ0) is 18.8. The highest BCUT2D eigenvalue weighted by Crippen LogP contribution is 2.11. The second-order valence-electron chi connectivity index (χ2n) is 7.63. The smallest absolute Gasteiger partial charge is 0.245 e. The topological polar surface area (TPSA) is 69.7 Å². The van der Waals surface area contributed by atoms with Crippen LogP contribution in [0, 0.1) is 5.92 Å². The molecule has 0 radical (unpaired) electrons. The summed E-state index contributed by atoms with van der Waals surface area (Å²) in [6.07, 6.45) is 7.27. The van der Waals surface area contributed by atoms with Crippen molar-refractivity contribution < 1.29 is 14.4 Å². The molecule has 1 heterocycles. The summed E-state index contributed by atoms with van der Waals surface area (Å²) < 4.78 is 0. The van der Waals surface area contributed by atoms with Gasteiger partial charge >= 0.3 is 0 Å². The monoisotopic (exact) mass is 353 g/mol. The molecule has 1 N–H and O–H groups in total. The number of likely N-dealkylation sites (N-methyl/N-ethyl adjacent to an activating group) is 2. The number of rotatable bonds is 2. The van der Waals surface area contributed by atoms with Gasteiger partial charge in [0.05, 0.1) is 6.54 Å². The largest absolute Gasteiger partial charge is 0.344 e. The molecule has 3 amide bonds. The highest BCUT2D eigenvalue weighted by atomic mass is 16.2. The van der Waals surface area contributed by atoms with Gasteiger partial charge in [0, 0.05) is 27.1 Å². The number of amides is 3. The third kappa shape index (κ3) is 8.36. The lowest BCUT2D eigenvalue weighted by atomic mass is 10.0. The average molecular weight is 354 g/mol. The van der Waals surface area contributed by atoms with E-state index in [1.54, 1.807) is 19.0 Å². The Morgan fingerprint density at radius 2 is 1.56 bits per heavy atom. The van der Waals surface area contributed by atoms with Crippen molar-refractivity contribution in [3.05, 3.63) is 0 Å². The molecule has 144 valence electrons. The summed E-state index contributed by atoms with van der Waals surface area (Å²) >= 11 is 0. The van der Waals surface area contributed by atoms with Gasteiger partial charge < -0.3 is 15.1 Å². The van der Waals surface area contributed by atoms with Crippen LogP contribution in [0.1, 0.15) is 65.2 Å². The minimum absolute atomic E-state index is 0.0554. The molecule has 0 spiro atoms.